The van der Waals surface area contributed by atoms with Gasteiger partial charge < -0.3 is 11.1 Å². The molecule has 3 rings (SSSR count). The molecular formula is C19H26Cl2N4O. The topological polar surface area (TPSA) is 72.9 Å². The molecule has 2 aromatic rings. The summed E-state index contributed by atoms with van der Waals surface area (Å²) in [6.45, 7) is 3.31. The summed E-state index contributed by atoms with van der Waals surface area (Å²) in [5, 5.41) is 7.94. The molecule has 1 heterocycles. The fourth-order valence-corrected chi connectivity index (χ4v) is 3.97. The van der Waals surface area contributed by atoms with E-state index in [4.69, 9.17) is 17.3 Å². The number of hydrogen-bond acceptors (Lipinski definition) is 3. The van der Waals surface area contributed by atoms with Crippen molar-refractivity contribution in [3.8, 4) is 0 Å². The van der Waals surface area contributed by atoms with Crippen molar-refractivity contribution in [1.82, 2.24) is 9.78 Å². The molecule has 0 aliphatic heterocycles. The monoisotopic (exact) mass is 396 g/mol. The summed E-state index contributed by atoms with van der Waals surface area (Å²) in [5.74, 6) is 0.851. The summed E-state index contributed by atoms with van der Waals surface area (Å²) < 4.78 is 1.79. The van der Waals surface area contributed by atoms with E-state index in [0.29, 0.717) is 6.54 Å². The van der Waals surface area contributed by atoms with Crippen molar-refractivity contribution in [2.45, 2.75) is 44.6 Å². The zero-order valence-corrected chi connectivity index (χ0v) is 16.5. The molecule has 0 bridgehead atoms. The summed E-state index contributed by atoms with van der Waals surface area (Å²) >= 11 is 6.16. The average molecular weight is 397 g/mol. The first kappa shape index (κ1) is 20.7. The zero-order chi connectivity index (χ0) is 17.9. The molecule has 1 aliphatic carbocycles. The zero-order valence-electron chi connectivity index (χ0n) is 15.0. The van der Waals surface area contributed by atoms with Gasteiger partial charge in [-0.15, -0.1) is 12.4 Å². The first-order valence-electron chi connectivity index (χ1n) is 8.87. The van der Waals surface area contributed by atoms with Crippen molar-refractivity contribution >= 4 is 35.7 Å². The quantitative estimate of drug-likeness (QED) is 0.801. The summed E-state index contributed by atoms with van der Waals surface area (Å²) in [6.07, 6.45) is 5.16. The van der Waals surface area contributed by atoms with E-state index in [0.717, 1.165) is 43.1 Å². The summed E-state index contributed by atoms with van der Waals surface area (Å²) in [4.78, 5) is 12.6. The third kappa shape index (κ3) is 4.22. The van der Waals surface area contributed by atoms with Gasteiger partial charge in [0.25, 0.3) is 0 Å². The van der Waals surface area contributed by atoms with Crippen LogP contribution in [0.5, 0.6) is 0 Å². The minimum absolute atomic E-state index is 0. The second-order valence-corrected chi connectivity index (χ2v) is 7.23. The lowest BCUT2D eigenvalue weighted by molar-refractivity contribution is -0.121. The minimum atomic E-state index is -0.0765. The van der Waals surface area contributed by atoms with Crippen LogP contribution in [0.2, 0.25) is 5.02 Å². The number of benzene rings is 1. The van der Waals surface area contributed by atoms with Gasteiger partial charge in [0, 0.05) is 35.5 Å². The standard InChI is InChI=1S/C19H25ClN4O.ClH/c1-2-24-17(8-11-22-24)23-18(25)14-6-9-19(13-21,10-7-14)15-4-3-5-16(20)12-15;/h3-5,8,11-12,14H,2,6-7,9-10,13,21H2,1H3,(H,23,25);1H/t14-,19+;. The lowest BCUT2D eigenvalue weighted by atomic mass is 9.66. The van der Waals surface area contributed by atoms with Crippen LogP contribution in [0.25, 0.3) is 0 Å². The second-order valence-electron chi connectivity index (χ2n) is 6.79. The highest BCUT2D eigenvalue weighted by atomic mass is 35.5. The fourth-order valence-electron chi connectivity index (χ4n) is 3.78. The van der Waals surface area contributed by atoms with Crippen LogP contribution in [0, 0.1) is 5.92 Å². The van der Waals surface area contributed by atoms with Crippen LogP contribution < -0.4 is 11.1 Å². The van der Waals surface area contributed by atoms with E-state index in [1.165, 1.54) is 5.56 Å². The number of aromatic nitrogens is 2. The average Bonchev–Trinajstić information content (AvgIpc) is 3.09. The van der Waals surface area contributed by atoms with Crippen LogP contribution in [0.15, 0.2) is 36.5 Å². The van der Waals surface area contributed by atoms with Crippen molar-refractivity contribution in [1.29, 1.82) is 0 Å². The Morgan fingerprint density at radius 2 is 2.12 bits per heavy atom. The Hall–Kier alpha value is -1.56. The minimum Gasteiger partial charge on any atom is -0.330 e. The number of hydrogen-bond donors (Lipinski definition) is 2. The summed E-state index contributed by atoms with van der Waals surface area (Å²) in [6, 6.07) is 9.79. The van der Waals surface area contributed by atoms with Gasteiger partial charge >= 0.3 is 0 Å². The molecule has 142 valence electrons. The van der Waals surface area contributed by atoms with E-state index < -0.39 is 0 Å². The second kappa shape index (κ2) is 8.89. The molecule has 26 heavy (non-hydrogen) atoms. The Morgan fingerprint density at radius 1 is 1.38 bits per heavy atom. The highest BCUT2D eigenvalue weighted by molar-refractivity contribution is 6.30. The molecule has 1 amide bonds. The predicted octanol–water partition coefficient (Wildman–Crippen LogP) is 4.00. The van der Waals surface area contributed by atoms with Crippen LogP contribution in [0.3, 0.4) is 0 Å². The van der Waals surface area contributed by atoms with Crippen molar-refractivity contribution in [3.63, 3.8) is 0 Å². The van der Waals surface area contributed by atoms with Gasteiger partial charge in [-0.1, -0.05) is 23.7 Å². The number of nitrogens with zero attached hydrogens (tertiary/aromatic N) is 2. The molecule has 1 aromatic carbocycles. The molecule has 0 atom stereocenters. The van der Waals surface area contributed by atoms with Crippen LogP contribution >= 0.6 is 24.0 Å². The number of carbonyl (C=O) groups excluding carboxylic acids is 1. The Morgan fingerprint density at radius 3 is 2.73 bits per heavy atom. The molecule has 5 nitrogen and oxygen atoms in total. The van der Waals surface area contributed by atoms with Crippen molar-refractivity contribution in [2.24, 2.45) is 11.7 Å². The normalized spacial score (nSPS) is 22.5. The van der Waals surface area contributed by atoms with Crippen LogP contribution in [0.1, 0.15) is 38.2 Å². The van der Waals surface area contributed by atoms with Gasteiger partial charge in [-0.3, -0.25) is 4.79 Å². The van der Waals surface area contributed by atoms with Gasteiger partial charge in [0.05, 0.1) is 6.20 Å². The molecule has 0 unspecified atom stereocenters. The SMILES string of the molecule is CCn1nccc1NC(=O)[C@H]1CC[C@@](CN)(c2cccc(Cl)c2)CC1.Cl. The van der Waals surface area contributed by atoms with Gasteiger partial charge in [0.1, 0.15) is 5.82 Å². The van der Waals surface area contributed by atoms with E-state index in [9.17, 15) is 4.79 Å². The van der Waals surface area contributed by atoms with Gasteiger partial charge in [-0.25, -0.2) is 4.68 Å². The molecule has 0 spiro atoms. The smallest absolute Gasteiger partial charge is 0.228 e. The summed E-state index contributed by atoms with van der Waals surface area (Å²) in [7, 11) is 0. The molecule has 7 heteroatoms. The maximum atomic E-state index is 12.6. The first-order chi connectivity index (χ1) is 12.1. The predicted molar refractivity (Wildman–Crippen MR) is 108 cm³/mol. The third-order valence-corrected chi connectivity index (χ3v) is 5.64. The van der Waals surface area contributed by atoms with E-state index in [1.807, 2.05) is 31.2 Å². The summed E-state index contributed by atoms with van der Waals surface area (Å²) in [5.41, 5.74) is 7.24. The van der Waals surface area contributed by atoms with Crippen LogP contribution in [-0.4, -0.2) is 22.2 Å². The molecule has 1 aliphatic rings. The Kier molecular flexibility index (Phi) is 7.09. The number of halogens is 2. The number of aryl methyl sites for hydroxylation is 1. The molecule has 3 N–H and O–H groups in total. The third-order valence-electron chi connectivity index (χ3n) is 5.41. The lowest BCUT2D eigenvalue weighted by Gasteiger charge is -2.39. The van der Waals surface area contributed by atoms with Crippen molar-refractivity contribution in [2.75, 3.05) is 11.9 Å². The largest absolute Gasteiger partial charge is 0.330 e. The number of nitrogens with two attached hydrogens (primary N) is 1. The van der Waals surface area contributed by atoms with Gasteiger partial charge in [0.15, 0.2) is 0 Å². The number of nitrogens with one attached hydrogen (secondary N) is 1. The van der Waals surface area contributed by atoms with Crippen LogP contribution in [-0.2, 0) is 16.8 Å². The van der Waals surface area contributed by atoms with Gasteiger partial charge in [0.2, 0.25) is 5.91 Å². The maximum Gasteiger partial charge on any atom is 0.228 e. The first-order valence-corrected chi connectivity index (χ1v) is 9.24. The van der Waals surface area contributed by atoms with E-state index in [1.54, 1.807) is 10.9 Å². The molecule has 1 saturated carbocycles. The molecule has 0 radical (unpaired) electrons. The van der Waals surface area contributed by atoms with Crippen molar-refractivity contribution < 1.29 is 4.79 Å². The number of carbonyl (C=O) groups is 1. The lowest BCUT2D eigenvalue weighted by Crippen LogP contribution is -2.41. The Bertz CT molecular complexity index is 739. The fraction of sp³-hybridized carbons (Fsp3) is 0.474. The van der Waals surface area contributed by atoms with Gasteiger partial charge in [-0.2, -0.15) is 5.10 Å². The Labute approximate surface area is 165 Å². The van der Waals surface area contributed by atoms with E-state index >= 15 is 0 Å². The van der Waals surface area contributed by atoms with E-state index in [2.05, 4.69) is 16.5 Å². The molecule has 1 aromatic heterocycles. The molecule has 0 saturated heterocycles. The highest BCUT2D eigenvalue weighted by Crippen LogP contribution is 2.41. The number of rotatable bonds is 5. The highest BCUT2D eigenvalue weighted by Gasteiger charge is 2.38. The number of amides is 1. The van der Waals surface area contributed by atoms with E-state index in [-0.39, 0.29) is 29.6 Å². The number of anilines is 1. The van der Waals surface area contributed by atoms with Crippen molar-refractivity contribution in [3.05, 3.63) is 47.1 Å². The van der Waals surface area contributed by atoms with Gasteiger partial charge in [-0.05, 0) is 50.3 Å². The van der Waals surface area contributed by atoms with Crippen LogP contribution in [0.4, 0.5) is 5.82 Å². The Balaban J connectivity index is 0.00000243. The molecular weight excluding hydrogens is 371 g/mol. The molecule has 1 fully saturated rings. The maximum absolute atomic E-state index is 12.6.